The molecule has 0 atom stereocenters. The lowest BCUT2D eigenvalue weighted by Gasteiger charge is -2.09. The van der Waals surface area contributed by atoms with Gasteiger partial charge in [-0.15, -0.1) is 0 Å². The van der Waals surface area contributed by atoms with Crippen molar-refractivity contribution in [1.82, 2.24) is 9.55 Å². The van der Waals surface area contributed by atoms with Crippen LogP contribution in [0.15, 0.2) is 24.4 Å². The molecule has 0 aliphatic heterocycles. The minimum Gasteiger partial charge on any atom is -0.325 e. The second kappa shape index (κ2) is 3.96. The monoisotopic (exact) mass is 219 g/mol. The number of halogens is 1. The molecule has 0 fully saturated rings. The Hall–Kier alpha value is -1.84. The zero-order valence-electron chi connectivity index (χ0n) is 9.58. The predicted molar refractivity (Wildman–Crippen MR) is 62.4 cm³/mol. The van der Waals surface area contributed by atoms with Crippen molar-refractivity contribution < 1.29 is 4.39 Å². The molecule has 1 heterocycles. The van der Waals surface area contributed by atoms with Crippen LogP contribution in [0.25, 0.3) is 0 Å². The van der Waals surface area contributed by atoms with Crippen molar-refractivity contribution in [2.45, 2.75) is 13.8 Å². The molecule has 0 bridgehead atoms. The highest BCUT2D eigenvalue weighted by molar-refractivity contribution is 5.58. The number of hydrogen-bond acceptors (Lipinski definition) is 2. The van der Waals surface area contributed by atoms with Crippen LogP contribution < -0.4 is 5.32 Å². The second-order valence-corrected chi connectivity index (χ2v) is 3.85. The molecule has 0 unspecified atom stereocenters. The molecule has 1 aromatic carbocycles. The van der Waals surface area contributed by atoms with E-state index in [0.717, 1.165) is 11.4 Å². The number of aryl methyl sites for hydroxylation is 2. The van der Waals surface area contributed by atoms with Gasteiger partial charge in [-0.3, -0.25) is 0 Å². The van der Waals surface area contributed by atoms with Crippen LogP contribution in [-0.4, -0.2) is 9.55 Å². The lowest BCUT2D eigenvalue weighted by Crippen LogP contribution is -2.00. The Kier molecular flexibility index (Phi) is 2.64. The number of hydrogen-bond donors (Lipinski definition) is 1. The van der Waals surface area contributed by atoms with E-state index in [2.05, 4.69) is 10.3 Å². The molecule has 1 aromatic heterocycles. The minimum absolute atomic E-state index is 0.212. The number of nitrogens with one attached hydrogen (secondary N) is 1. The molecule has 0 amide bonds. The van der Waals surface area contributed by atoms with Crippen LogP contribution in [0, 0.1) is 19.7 Å². The minimum atomic E-state index is -0.212. The largest absolute Gasteiger partial charge is 0.325 e. The molecule has 16 heavy (non-hydrogen) atoms. The standard InChI is InChI=1S/C12H14FN3/c1-8-7-16(3)12(14-8)15-11-6-4-5-10(13)9(11)2/h4-7H,1-3H3,(H,14,15). The fourth-order valence-corrected chi connectivity index (χ4v) is 1.60. The number of rotatable bonds is 2. The third kappa shape index (κ3) is 1.91. The summed E-state index contributed by atoms with van der Waals surface area (Å²) in [5, 5.41) is 3.11. The van der Waals surface area contributed by atoms with Gasteiger partial charge in [0.1, 0.15) is 5.82 Å². The second-order valence-electron chi connectivity index (χ2n) is 3.85. The highest BCUT2D eigenvalue weighted by atomic mass is 19.1. The molecule has 84 valence electrons. The fraction of sp³-hybridized carbons (Fsp3) is 0.250. The molecule has 0 aliphatic rings. The Morgan fingerprint density at radius 2 is 2.06 bits per heavy atom. The Labute approximate surface area is 93.9 Å². The van der Waals surface area contributed by atoms with Gasteiger partial charge in [0, 0.05) is 24.5 Å². The van der Waals surface area contributed by atoms with Crippen molar-refractivity contribution in [3.8, 4) is 0 Å². The quantitative estimate of drug-likeness (QED) is 0.841. The third-order valence-electron chi connectivity index (χ3n) is 2.51. The molecule has 0 saturated heterocycles. The molecule has 2 rings (SSSR count). The summed E-state index contributed by atoms with van der Waals surface area (Å²) in [6, 6.07) is 4.97. The maximum Gasteiger partial charge on any atom is 0.207 e. The van der Waals surface area contributed by atoms with Gasteiger partial charge in [-0.05, 0) is 26.0 Å². The summed E-state index contributed by atoms with van der Waals surface area (Å²) in [6.07, 6.45) is 1.91. The van der Waals surface area contributed by atoms with E-state index >= 15 is 0 Å². The van der Waals surface area contributed by atoms with E-state index in [4.69, 9.17) is 0 Å². The van der Waals surface area contributed by atoms with Crippen LogP contribution >= 0.6 is 0 Å². The smallest absolute Gasteiger partial charge is 0.207 e. The van der Waals surface area contributed by atoms with Crippen LogP contribution in [0.4, 0.5) is 16.0 Å². The molecule has 0 spiro atoms. The van der Waals surface area contributed by atoms with E-state index in [1.165, 1.54) is 6.07 Å². The SMILES string of the molecule is Cc1cn(C)c(Nc2cccc(F)c2C)n1. The number of nitrogens with zero attached hydrogens (tertiary/aromatic N) is 2. The normalized spacial score (nSPS) is 10.5. The molecule has 2 aromatic rings. The first kappa shape index (κ1) is 10.7. The number of anilines is 2. The Balaban J connectivity index is 2.34. The first-order valence-electron chi connectivity index (χ1n) is 5.10. The maximum atomic E-state index is 13.3. The van der Waals surface area contributed by atoms with Crippen LogP contribution in [-0.2, 0) is 7.05 Å². The van der Waals surface area contributed by atoms with Gasteiger partial charge in [-0.1, -0.05) is 6.07 Å². The Morgan fingerprint density at radius 3 is 2.69 bits per heavy atom. The van der Waals surface area contributed by atoms with E-state index < -0.39 is 0 Å². The maximum absolute atomic E-state index is 13.3. The number of imidazole rings is 1. The van der Waals surface area contributed by atoms with Crippen LogP contribution in [0.1, 0.15) is 11.3 Å². The number of aromatic nitrogens is 2. The molecule has 0 radical (unpaired) electrons. The average molecular weight is 219 g/mol. The van der Waals surface area contributed by atoms with Crippen molar-refractivity contribution in [2.24, 2.45) is 7.05 Å². The zero-order valence-corrected chi connectivity index (χ0v) is 9.58. The summed E-state index contributed by atoms with van der Waals surface area (Å²) < 4.78 is 15.2. The Bertz CT molecular complexity index is 517. The predicted octanol–water partition coefficient (Wildman–Crippen LogP) is 2.92. The van der Waals surface area contributed by atoms with Gasteiger partial charge in [-0.25, -0.2) is 9.37 Å². The third-order valence-corrected chi connectivity index (χ3v) is 2.51. The van der Waals surface area contributed by atoms with Gasteiger partial charge in [-0.2, -0.15) is 0 Å². The van der Waals surface area contributed by atoms with E-state index in [-0.39, 0.29) is 5.82 Å². The molecule has 4 heteroatoms. The molecule has 3 nitrogen and oxygen atoms in total. The van der Waals surface area contributed by atoms with E-state index in [1.807, 2.05) is 30.8 Å². The van der Waals surface area contributed by atoms with Gasteiger partial charge in [0.15, 0.2) is 0 Å². The first-order valence-corrected chi connectivity index (χ1v) is 5.10. The van der Waals surface area contributed by atoms with Crippen LogP contribution in [0.2, 0.25) is 0 Å². The highest BCUT2D eigenvalue weighted by Crippen LogP contribution is 2.21. The highest BCUT2D eigenvalue weighted by Gasteiger charge is 2.06. The molecule has 0 aliphatic carbocycles. The molecule has 1 N–H and O–H groups in total. The van der Waals surface area contributed by atoms with Gasteiger partial charge in [0.25, 0.3) is 0 Å². The molecule has 0 saturated carbocycles. The summed E-state index contributed by atoms with van der Waals surface area (Å²) in [7, 11) is 1.90. The Morgan fingerprint density at radius 1 is 1.31 bits per heavy atom. The lowest BCUT2D eigenvalue weighted by molar-refractivity contribution is 0.619. The summed E-state index contributed by atoms with van der Waals surface area (Å²) in [5.41, 5.74) is 2.27. The van der Waals surface area contributed by atoms with Gasteiger partial charge < -0.3 is 9.88 Å². The average Bonchev–Trinajstić information content (AvgIpc) is 2.53. The zero-order chi connectivity index (χ0) is 11.7. The van der Waals surface area contributed by atoms with Gasteiger partial charge in [0.2, 0.25) is 5.95 Å². The van der Waals surface area contributed by atoms with Crippen molar-refractivity contribution in [3.05, 3.63) is 41.5 Å². The molecular weight excluding hydrogens is 205 g/mol. The van der Waals surface area contributed by atoms with Gasteiger partial charge >= 0.3 is 0 Å². The summed E-state index contributed by atoms with van der Waals surface area (Å²) in [5.74, 6) is 0.502. The fourth-order valence-electron chi connectivity index (χ4n) is 1.60. The first-order chi connectivity index (χ1) is 7.58. The van der Waals surface area contributed by atoms with Crippen molar-refractivity contribution in [2.75, 3.05) is 5.32 Å². The van der Waals surface area contributed by atoms with Crippen LogP contribution in [0.3, 0.4) is 0 Å². The lowest BCUT2D eigenvalue weighted by atomic mass is 10.2. The van der Waals surface area contributed by atoms with E-state index in [1.54, 1.807) is 13.0 Å². The summed E-state index contributed by atoms with van der Waals surface area (Å²) >= 11 is 0. The van der Waals surface area contributed by atoms with Crippen molar-refractivity contribution in [1.29, 1.82) is 0 Å². The summed E-state index contributed by atoms with van der Waals surface area (Å²) in [6.45, 7) is 3.66. The van der Waals surface area contributed by atoms with E-state index in [0.29, 0.717) is 11.5 Å². The van der Waals surface area contributed by atoms with Crippen molar-refractivity contribution >= 4 is 11.6 Å². The summed E-state index contributed by atoms with van der Waals surface area (Å²) in [4.78, 5) is 4.31. The van der Waals surface area contributed by atoms with Crippen LogP contribution in [0.5, 0.6) is 0 Å². The van der Waals surface area contributed by atoms with E-state index in [9.17, 15) is 4.39 Å². The molecular formula is C12H14FN3. The van der Waals surface area contributed by atoms with Gasteiger partial charge in [0.05, 0.1) is 5.69 Å². The number of benzene rings is 1. The topological polar surface area (TPSA) is 29.9 Å². The van der Waals surface area contributed by atoms with Crippen molar-refractivity contribution in [3.63, 3.8) is 0 Å².